The molecule has 0 unspecified atom stereocenters. The van der Waals surface area contributed by atoms with Crippen molar-refractivity contribution in [2.45, 2.75) is 19.3 Å². The van der Waals surface area contributed by atoms with Crippen molar-refractivity contribution in [3.63, 3.8) is 0 Å². The lowest BCUT2D eigenvalue weighted by molar-refractivity contribution is -0.756. The number of nitrogens with zero attached hydrogens (tertiary/aromatic N) is 3. The smallest absolute Gasteiger partial charge is 0.162 e. The molecule has 1 saturated heterocycles. The Morgan fingerprint density at radius 2 is 2.00 bits per heavy atom. The van der Waals surface area contributed by atoms with Crippen LogP contribution < -0.4 is 0 Å². The van der Waals surface area contributed by atoms with Crippen LogP contribution in [0.2, 0.25) is 0 Å². The molecule has 2 aliphatic rings. The zero-order valence-corrected chi connectivity index (χ0v) is 6.29. The minimum atomic E-state index is 1.04. The lowest BCUT2D eigenvalue weighted by atomic mass is 10.2. The van der Waals surface area contributed by atoms with Gasteiger partial charge in [0.15, 0.2) is 6.54 Å². The second-order valence-corrected chi connectivity index (χ2v) is 2.98. The summed E-state index contributed by atoms with van der Waals surface area (Å²) in [7, 11) is 0. The van der Waals surface area contributed by atoms with Crippen LogP contribution in [0.15, 0.2) is 5.11 Å². The van der Waals surface area contributed by atoms with Gasteiger partial charge in [0.05, 0.1) is 13.1 Å². The highest BCUT2D eigenvalue weighted by Gasteiger charge is 2.24. The third kappa shape index (κ3) is 1.00. The van der Waals surface area contributed by atoms with E-state index < -0.39 is 0 Å². The first-order valence-corrected chi connectivity index (χ1v) is 4.16. The second kappa shape index (κ2) is 2.56. The lowest BCUT2D eigenvalue weighted by Gasteiger charge is -2.24. The van der Waals surface area contributed by atoms with Crippen molar-refractivity contribution in [3.8, 4) is 0 Å². The molecule has 0 spiro atoms. The molecule has 56 valence electrons. The highest BCUT2D eigenvalue weighted by molar-refractivity contribution is 4.54. The first-order chi connectivity index (χ1) is 4.97. The van der Waals surface area contributed by atoms with Crippen molar-refractivity contribution >= 4 is 0 Å². The zero-order valence-electron chi connectivity index (χ0n) is 6.29. The average molecular weight is 140 g/mol. The molecule has 3 heteroatoms. The van der Waals surface area contributed by atoms with E-state index in [2.05, 4.69) is 14.9 Å². The summed E-state index contributed by atoms with van der Waals surface area (Å²) >= 11 is 0. The van der Waals surface area contributed by atoms with E-state index in [9.17, 15) is 0 Å². The maximum atomic E-state index is 4.41. The molecule has 0 aromatic heterocycles. The van der Waals surface area contributed by atoms with E-state index in [-0.39, 0.29) is 0 Å². The molecule has 1 fully saturated rings. The Kier molecular flexibility index (Phi) is 1.57. The minimum Gasteiger partial charge on any atom is -0.162 e. The van der Waals surface area contributed by atoms with E-state index in [1.54, 1.807) is 0 Å². The van der Waals surface area contributed by atoms with E-state index in [0.29, 0.717) is 0 Å². The van der Waals surface area contributed by atoms with Crippen molar-refractivity contribution in [1.29, 1.82) is 0 Å². The molecule has 0 amide bonds. The molecule has 0 radical (unpaired) electrons. The molecule has 0 N–H and O–H groups in total. The van der Waals surface area contributed by atoms with Crippen molar-refractivity contribution < 1.29 is 4.81 Å². The number of hydrogen-bond acceptors (Lipinski definition) is 2. The van der Waals surface area contributed by atoms with Crippen LogP contribution in [0.3, 0.4) is 0 Å². The number of hydrogen-bond donors (Lipinski definition) is 0. The van der Waals surface area contributed by atoms with Gasteiger partial charge in [-0.1, -0.05) is 0 Å². The summed E-state index contributed by atoms with van der Waals surface area (Å²) in [5, 5.41) is 6.78. The summed E-state index contributed by atoms with van der Waals surface area (Å²) in [6, 6.07) is 0. The first kappa shape index (κ1) is 6.13. The monoisotopic (exact) mass is 140 g/mol. The zero-order chi connectivity index (χ0) is 6.81. The van der Waals surface area contributed by atoms with Crippen molar-refractivity contribution in [1.82, 2.24) is 5.01 Å². The number of rotatable bonds is 0. The van der Waals surface area contributed by atoms with Gasteiger partial charge in [0.2, 0.25) is 0 Å². The predicted molar refractivity (Wildman–Crippen MR) is 37.8 cm³/mol. The van der Waals surface area contributed by atoms with Crippen LogP contribution in [-0.2, 0) is 0 Å². The van der Waals surface area contributed by atoms with Crippen LogP contribution in [-0.4, -0.2) is 36.0 Å². The van der Waals surface area contributed by atoms with Crippen molar-refractivity contribution in [2.24, 2.45) is 5.11 Å². The standard InChI is InChI=1S/C7H14N3/c1-2-7-10-8-4-3-6-9(10)5-1/h1-7H2/q+1. The molecule has 0 aromatic carbocycles. The maximum Gasteiger partial charge on any atom is 0.200 e. The van der Waals surface area contributed by atoms with Gasteiger partial charge >= 0.3 is 0 Å². The summed E-state index contributed by atoms with van der Waals surface area (Å²) in [6.45, 7) is 4.64. The molecule has 0 bridgehead atoms. The van der Waals surface area contributed by atoms with E-state index >= 15 is 0 Å². The summed E-state index contributed by atoms with van der Waals surface area (Å²) in [5.74, 6) is 0. The Hall–Kier alpha value is -0.600. The SMILES string of the molecule is C1CC[N+]2=NCCCN2C1. The number of fused-ring (bicyclic) bond motifs is 1. The topological polar surface area (TPSA) is 18.6 Å². The van der Waals surface area contributed by atoms with Crippen LogP contribution >= 0.6 is 0 Å². The molecule has 3 nitrogen and oxygen atoms in total. The summed E-state index contributed by atoms with van der Waals surface area (Å²) < 4.78 is 0. The van der Waals surface area contributed by atoms with Gasteiger partial charge in [-0.25, -0.2) is 0 Å². The predicted octanol–water partition coefficient (Wildman–Crippen LogP) is 0.866. The van der Waals surface area contributed by atoms with Gasteiger partial charge < -0.3 is 0 Å². The van der Waals surface area contributed by atoms with Gasteiger partial charge in [-0.2, -0.15) is 5.01 Å². The average Bonchev–Trinajstić information content (AvgIpc) is 2.05. The molecule has 0 aliphatic carbocycles. The number of azo groups is 1. The Balaban J connectivity index is 2.08. The van der Waals surface area contributed by atoms with E-state index in [4.69, 9.17) is 0 Å². The quantitative estimate of drug-likeness (QED) is 0.457. The van der Waals surface area contributed by atoms with E-state index in [1.165, 1.54) is 32.4 Å². The largest absolute Gasteiger partial charge is 0.200 e. The molecule has 10 heavy (non-hydrogen) atoms. The fraction of sp³-hybridized carbons (Fsp3) is 1.00. The molecule has 0 atom stereocenters. The summed E-state index contributed by atoms with van der Waals surface area (Å²) in [4.78, 5) is 2.16. The van der Waals surface area contributed by atoms with Gasteiger partial charge in [0.25, 0.3) is 0 Å². The van der Waals surface area contributed by atoms with Crippen molar-refractivity contribution in [3.05, 3.63) is 0 Å². The van der Waals surface area contributed by atoms with Crippen LogP contribution in [0.1, 0.15) is 19.3 Å². The lowest BCUT2D eigenvalue weighted by Crippen LogP contribution is -2.42. The third-order valence-corrected chi connectivity index (χ3v) is 2.19. The fourth-order valence-corrected chi connectivity index (χ4v) is 1.63. The Bertz CT molecular complexity index is 153. The minimum absolute atomic E-state index is 1.04. The van der Waals surface area contributed by atoms with Crippen LogP contribution in [0.5, 0.6) is 0 Å². The number of hydrazine groups is 1. The van der Waals surface area contributed by atoms with E-state index in [0.717, 1.165) is 13.1 Å². The molecule has 2 heterocycles. The fourth-order valence-electron chi connectivity index (χ4n) is 1.63. The molecular weight excluding hydrogens is 126 g/mol. The molecule has 2 aliphatic heterocycles. The van der Waals surface area contributed by atoms with Crippen LogP contribution in [0.25, 0.3) is 0 Å². The second-order valence-electron chi connectivity index (χ2n) is 2.98. The highest BCUT2D eigenvalue weighted by Crippen LogP contribution is 2.10. The molecule has 0 aromatic rings. The van der Waals surface area contributed by atoms with E-state index in [1.807, 2.05) is 0 Å². The Morgan fingerprint density at radius 1 is 1.10 bits per heavy atom. The molecule has 2 rings (SSSR count). The van der Waals surface area contributed by atoms with Crippen LogP contribution in [0.4, 0.5) is 0 Å². The molecular formula is C7H14N3+. The Morgan fingerprint density at radius 3 is 2.90 bits per heavy atom. The maximum absolute atomic E-state index is 4.41. The summed E-state index contributed by atoms with van der Waals surface area (Å²) in [6.07, 6.45) is 3.92. The summed E-state index contributed by atoms with van der Waals surface area (Å²) in [5.41, 5.74) is 0. The van der Waals surface area contributed by atoms with Crippen LogP contribution in [0, 0.1) is 0 Å². The Labute approximate surface area is 61.3 Å². The van der Waals surface area contributed by atoms with Crippen molar-refractivity contribution in [2.75, 3.05) is 26.2 Å². The van der Waals surface area contributed by atoms with Gasteiger partial charge in [-0.3, -0.25) is 0 Å². The normalized spacial score (nSPS) is 25.6. The van der Waals surface area contributed by atoms with Gasteiger partial charge in [-0.05, 0) is 22.8 Å². The highest BCUT2D eigenvalue weighted by atomic mass is 15.7. The molecule has 0 saturated carbocycles. The third-order valence-electron chi connectivity index (χ3n) is 2.19. The van der Waals surface area contributed by atoms with Gasteiger partial charge in [0, 0.05) is 6.42 Å². The van der Waals surface area contributed by atoms with Gasteiger partial charge in [0.1, 0.15) is 6.54 Å². The van der Waals surface area contributed by atoms with Gasteiger partial charge in [-0.15, -0.1) is 0 Å². The first-order valence-electron chi connectivity index (χ1n) is 4.16.